The summed E-state index contributed by atoms with van der Waals surface area (Å²) >= 11 is 11.9. The maximum Gasteiger partial charge on any atom is 0.125 e. The number of halogens is 2. The minimum absolute atomic E-state index is 0.462. The van der Waals surface area contributed by atoms with Crippen LogP contribution in [0.3, 0.4) is 0 Å². The molecule has 2 aromatic rings. The minimum Gasteiger partial charge on any atom is -0.300 e. The zero-order valence-electron chi connectivity index (χ0n) is 9.05. The van der Waals surface area contributed by atoms with E-state index in [-0.39, 0.29) is 0 Å². The molecule has 0 fully saturated rings. The molecule has 3 heteroatoms. The van der Waals surface area contributed by atoms with Gasteiger partial charge in [-0.15, -0.1) is 0 Å². The molecule has 0 saturated carbocycles. The summed E-state index contributed by atoms with van der Waals surface area (Å²) in [5.74, 6) is 0. The van der Waals surface area contributed by atoms with Gasteiger partial charge in [-0.2, -0.15) is 0 Å². The third-order valence-electron chi connectivity index (χ3n) is 2.33. The fourth-order valence-corrected chi connectivity index (χ4v) is 1.89. The summed E-state index contributed by atoms with van der Waals surface area (Å²) in [5, 5.41) is 0.462. The lowest BCUT2D eigenvalue weighted by Gasteiger charge is -2.23. The Hall–Kier alpha value is -1.44. The summed E-state index contributed by atoms with van der Waals surface area (Å²) in [6, 6.07) is 19.7. The van der Waals surface area contributed by atoms with Gasteiger partial charge in [0, 0.05) is 16.9 Å². The van der Waals surface area contributed by atoms with Gasteiger partial charge in [-0.3, -0.25) is 0 Å². The highest BCUT2D eigenvalue weighted by Crippen LogP contribution is 2.31. The summed E-state index contributed by atoms with van der Waals surface area (Å²) in [6.07, 6.45) is 0. The van der Waals surface area contributed by atoms with Gasteiger partial charge in [-0.1, -0.05) is 59.6 Å². The lowest BCUT2D eigenvalue weighted by molar-refractivity contribution is 1.26. The first-order valence-electron chi connectivity index (χ1n) is 5.19. The maximum absolute atomic E-state index is 6.16. The highest BCUT2D eigenvalue weighted by atomic mass is 35.5. The van der Waals surface area contributed by atoms with E-state index in [2.05, 4.69) is 0 Å². The third kappa shape index (κ3) is 2.82. The van der Waals surface area contributed by atoms with Crippen molar-refractivity contribution < 1.29 is 0 Å². The fraction of sp³-hybridized carbons (Fsp3) is 0. The number of hydrogen-bond acceptors (Lipinski definition) is 1. The van der Waals surface area contributed by atoms with Crippen LogP contribution < -0.4 is 4.90 Å². The van der Waals surface area contributed by atoms with Gasteiger partial charge >= 0.3 is 0 Å². The zero-order valence-corrected chi connectivity index (χ0v) is 10.6. The van der Waals surface area contributed by atoms with Gasteiger partial charge in [0.1, 0.15) is 5.16 Å². The van der Waals surface area contributed by atoms with Gasteiger partial charge in [0.2, 0.25) is 0 Å². The molecule has 2 rings (SSSR count). The normalized spacial score (nSPS) is 11.3. The van der Waals surface area contributed by atoms with Crippen LogP contribution in [0.25, 0.3) is 0 Å². The summed E-state index contributed by atoms with van der Waals surface area (Å²) in [7, 11) is 0. The van der Waals surface area contributed by atoms with E-state index in [0.29, 0.717) is 5.16 Å². The number of benzene rings is 2. The molecule has 86 valence electrons. The molecule has 0 atom stereocenters. The zero-order chi connectivity index (χ0) is 12.1. The average Bonchev–Trinajstić information content (AvgIpc) is 2.41. The van der Waals surface area contributed by atoms with Crippen molar-refractivity contribution in [3.63, 3.8) is 0 Å². The highest BCUT2D eigenvalue weighted by Gasteiger charge is 2.11. The van der Waals surface area contributed by atoms with E-state index in [1.165, 1.54) is 5.54 Å². The van der Waals surface area contributed by atoms with Crippen LogP contribution in [0.1, 0.15) is 0 Å². The van der Waals surface area contributed by atoms with E-state index >= 15 is 0 Å². The molecule has 1 nitrogen and oxygen atoms in total. The van der Waals surface area contributed by atoms with Crippen molar-refractivity contribution in [1.82, 2.24) is 0 Å². The van der Waals surface area contributed by atoms with E-state index in [0.717, 1.165) is 11.4 Å². The molecule has 0 N–H and O–H groups in total. The van der Waals surface area contributed by atoms with E-state index in [9.17, 15) is 0 Å². The SMILES string of the molecule is Cl/C=C(/Cl)N(c1ccccc1)c1ccccc1. The molecular weight excluding hydrogens is 253 g/mol. The average molecular weight is 264 g/mol. The Kier molecular flexibility index (Phi) is 4.08. The van der Waals surface area contributed by atoms with E-state index in [1.807, 2.05) is 65.6 Å². The van der Waals surface area contributed by atoms with Crippen LogP contribution in [-0.4, -0.2) is 0 Å². The number of nitrogens with zero attached hydrogens (tertiary/aromatic N) is 1. The Balaban J connectivity index is 2.47. The molecule has 0 saturated heterocycles. The van der Waals surface area contributed by atoms with Crippen molar-refractivity contribution in [2.75, 3.05) is 4.90 Å². The summed E-state index contributed by atoms with van der Waals surface area (Å²) in [6.45, 7) is 0. The quantitative estimate of drug-likeness (QED) is 0.697. The highest BCUT2D eigenvalue weighted by molar-refractivity contribution is 6.38. The maximum atomic E-state index is 6.16. The molecule has 2 aromatic carbocycles. The largest absolute Gasteiger partial charge is 0.300 e. The topological polar surface area (TPSA) is 3.24 Å². The van der Waals surface area contributed by atoms with Crippen molar-refractivity contribution in [1.29, 1.82) is 0 Å². The molecule has 0 bridgehead atoms. The lowest BCUT2D eigenvalue weighted by atomic mass is 10.2. The molecule has 17 heavy (non-hydrogen) atoms. The first-order valence-corrected chi connectivity index (χ1v) is 6.00. The first-order chi connectivity index (χ1) is 8.33. The molecule has 0 spiro atoms. The molecular formula is C14H11Cl2N. The smallest absolute Gasteiger partial charge is 0.125 e. The first kappa shape index (κ1) is 12.0. The van der Waals surface area contributed by atoms with Crippen LogP contribution in [-0.2, 0) is 0 Å². The summed E-state index contributed by atoms with van der Waals surface area (Å²) in [5.41, 5.74) is 3.31. The molecule has 0 aromatic heterocycles. The third-order valence-corrected chi connectivity index (χ3v) is 2.93. The van der Waals surface area contributed by atoms with Gasteiger partial charge in [0.15, 0.2) is 0 Å². The van der Waals surface area contributed by atoms with Crippen molar-refractivity contribution in [2.24, 2.45) is 0 Å². The molecule has 0 heterocycles. The number of para-hydroxylation sites is 2. The van der Waals surface area contributed by atoms with E-state index in [4.69, 9.17) is 23.2 Å². The Morgan fingerprint density at radius 2 is 1.24 bits per heavy atom. The Labute approximate surface area is 111 Å². The Bertz CT molecular complexity index is 455. The van der Waals surface area contributed by atoms with Gasteiger partial charge < -0.3 is 4.90 Å². The van der Waals surface area contributed by atoms with Crippen molar-refractivity contribution in [3.8, 4) is 0 Å². The molecule has 0 aliphatic heterocycles. The number of rotatable bonds is 3. The fourth-order valence-electron chi connectivity index (χ4n) is 1.60. The van der Waals surface area contributed by atoms with Crippen LogP contribution in [0.4, 0.5) is 11.4 Å². The molecule has 0 aliphatic carbocycles. The van der Waals surface area contributed by atoms with Crippen LogP contribution in [0.2, 0.25) is 0 Å². The molecule has 0 radical (unpaired) electrons. The Morgan fingerprint density at radius 3 is 1.59 bits per heavy atom. The minimum atomic E-state index is 0.462. The monoisotopic (exact) mass is 263 g/mol. The number of hydrogen-bond donors (Lipinski definition) is 0. The van der Waals surface area contributed by atoms with Crippen LogP contribution in [0.15, 0.2) is 71.4 Å². The summed E-state index contributed by atoms with van der Waals surface area (Å²) < 4.78 is 0. The predicted octanol–water partition coefficient (Wildman–Crippen LogP) is 5.10. The van der Waals surface area contributed by atoms with Crippen molar-refractivity contribution in [3.05, 3.63) is 71.4 Å². The van der Waals surface area contributed by atoms with Gasteiger partial charge in [-0.25, -0.2) is 0 Å². The molecule has 0 unspecified atom stereocenters. The lowest BCUT2D eigenvalue weighted by Crippen LogP contribution is -2.12. The number of anilines is 2. The molecule has 0 aliphatic rings. The van der Waals surface area contributed by atoms with Crippen LogP contribution >= 0.6 is 23.2 Å². The second kappa shape index (κ2) is 5.76. The standard InChI is InChI=1S/C14H11Cl2N/c15-11-14(16)17(12-7-3-1-4-8-12)13-9-5-2-6-10-13/h1-11H/b14-11-. The van der Waals surface area contributed by atoms with Gasteiger partial charge in [0.25, 0.3) is 0 Å². The Morgan fingerprint density at radius 1 is 0.824 bits per heavy atom. The van der Waals surface area contributed by atoms with E-state index in [1.54, 1.807) is 0 Å². The molecule has 0 amide bonds. The van der Waals surface area contributed by atoms with Crippen molar-refractivity contribution in [2.45, 2.75) is 0 Å². The van der Waals surface area contributed by atoms with E-state index < -0.39 is 0 Å². The summed E-state index contributed by atoms with van der Waals surface area (Å²) in [4.78, 5) is 1.88. The van der Waals surface area contributed by atoms with Crippen LogP contribution in [0, 0.1) is 0 Å². The van der Waals surface area contributed by atoms with Crippen molar-refractivity contribution >= 4 is 34.6 Å². The van der Waals surface area contributed by atoms with Gasteiger partial charge in [-0.05, 0) is 24.3 Å². The van der Waals surface area contributed by atoms with Crippen LogP contribution in [0.5, 0.6) is 0 Å². The predicted molar refractivity (Wildman–Crippen MR) is 74.8 cm³/mol. The van der Waals surface area contributed by atoms with Gasteiger partial charge in [0.05, 0.1) is 0 Å². The second-order valence-electron chi connectivity index (χ2n) is 3.44. The second-order valence-corrected chi connectivity index (χ2v) is 4.04.